The molecule has 1 N–H and O–H groups in total. The van der Waals surface area contributed by atoms with Gasteiger partial charge in [0.05, 0.1) is 6.10 Å². The summed E-state index contributed by atoms with van der Waals surface area (Å²) in [6, 6.07) is 9.30. The van der Waals surface area contributed by atoms with E-state index < -0.39 is 29.0 Å². The van der Waals surface area contributed by atoms with Crippen molar-refractivity contribution in [1.29, 1.82) is 0 Å². The average Bonchev–Trinajstić information content (AvgIpc) is 3.73. The Kier molecular flexibility index (Phi) is 3.61. The first-order valence-corrected chi connectivity index (χ1v) is 12.7. The van der Waals surface area contributed by atoms with E-state index in [4.69, 9.17) is 23.7 Å². The van der Waals surface area contributed by atoms with Crippen LogP contribution in [0.3, 0.4) is 0 Å². The Morgan fingerprint density at radius 1 is 1.14 bits per heavy atom. The number of amides is 1. The second-order valence-corrected chi connectivity index (χ2v) is 11.8. The molecule has 1 amide bonds. The van der Waals surface area contributed by atoms with Crippen molar-refractivity contribution in [3.63, 3.8) is 0 Å². The van der Waals surface area contributed by atoms with Crippen LogP contribution in [-0.2, 0) is 28.5 Å². The number of anilines is 1. The molecule has 8 rings (SSSR count). The number of carbonyl (C=O) groups excluding carboxylic acids is 2. The van der Waals surface area contributed by atoms with Gasteiger partial charge in [0.2, 0.25) is 0 Å². The number of carbonyl (C=O) groups is 2. The minimum absolute atomic E-state index is 0.0973. The quantitative estimate of drug-likeness (QED) is 0.524. The van der Waals surface area contributed by atoms with Crippen molar-refractivity contribution < 1.29 is 33.3 Å². The van der Waals surface area contributed by atoms with E-state index in [0.29, 0.717) is 18.7 Å². The molecule has 35 heavy (non-hydrogen) atoms. The zero-order valence-corrected chi connectivity index (χ0v) is 20.0. The topological polar surface area (TPSA) is 102 Å². The highest BCUT2D eigenvalue weighted by Crippen LogP contribution is 2.83. The Balaban J connectivity index is 1.19. The third kappa shape index (κ3) is 2.14. The van der Waals surface area contributed by atoms with Crippen molar-refractivity contribution in [1.82, 2.24) is 0 Å². The summed E-state index contributed by atoms with van der Waals surface area (Å²) in [5, 5.41) is 2.87. The zero-order valence-electron chi connectivity index (χ0n) is 20.0. The first-order valence-electron chi connectivity index (χ1n) is 12.7. The number of esters is 1. The predicted octanol–water partition coefficient (Wildman–Crippen LogP) is 3.36. The summed E-state index contributed by atoms with van der Waals surface area (Å²) in [5.74, 6) is 0.0936. The van der Waals surface area contributed by atoms with Gasteiger partial charge in [-0.3, -0.25) is 5.32 Å². The lowest BCUT2D eigenvalue weighted by Crippen LogP contribution is -2.70. The van der Waals surface area contributed by atoms with Gasteiger partial charge in [0.15, 0.2) is 11.7 Å². The SMILES string of the molecule is CC(C)[C@]12O[C@H]1[C@@H]1O[C@]13[C@]1(O[C@H]1C[C@H]1C4=C(CC[C@@]13C)C(=O)OC4)[C@@H]2OC(=O)Nc1ccccc1. The van der Waals surface area contributed by atoms with Crippen molar-refractivity contribution in [2.45, 2.75) is 81.3 Å². The summed E-state index contributed by atoms with van der Waals surface area (Å²) >= 11 is 0. The minimum Gasteiger partial charge on any atom is -0.458 e. The number of para-hydroxylation sites is 1. The third-order valence-electron chi connectivity index (χ3n) is 10.3. The van der Waals surface area contributed by atoms with Crippen molar-refractivity contribution in [2.24, 2.45) is 17.3 Å². The zero-order chi connectivity index (χ0) is 24.0. The summed E-state index contributed by atoms with van der Waals surface area (Å²) in [5.41, 5.74) is 0.416. The van der Waals surface area contributed by atoms with Crippen LogP contribution in [0.1, 0.15) is 40.0 Å². The predicted molar refractivity (Wildman–Crippen MR) is 121 cm³/mol. The number of fused-ring (bicyclic) bond motifs is 4. The van der Waals surface area contributed by atoms with Crippen LogP contribution in [0.4, 0.5) is 10.5 Å². The molecule has 1 aromatic rings. The molecule has 4 aliphatic heterocycles. The summed E-state index contributed by atoms with van der Waals surface area (Å²) in [7, 11) is 0. The lowest BCUT2D eigenvalue weighted by Gasteiger charge is -2.53. The van der Waals surface area contributed by atoms with Gasteiger partial charge in [-0.05, 0) is 48.8 Å². The van der Waals surface area contributed by atoms with E-state index in [1.54, 1.807) is 0 Å². The van der Waals surface area contributed by atoms with E-state index >= 15 is 0 Å². The van der Waals surface area contributed by atoms with Crippen molar-refractivity contribution in [2.75, 3.05) is 11.9 Å². The molecule has 0 aromatic heterocycles. The summed E-state index contributed by atoms with van der Waals surface area (Å²) in [4.78, 5) is 25.5. The van der Waals surface area contributed by atoms with Gasteiger partial charge in [-0.25, -0.2) is 9.59 Å². The molecule has 0 unspecified atom stereocenters. The molecule has 1 aromatic carbocycles. The molecular formula is C27H29NO7. The Morgan fingerprint density at radius 2 is 1.94 bits per heavy atom. The molecule has 3 saturated heterocycles. The molecule has 5 fully saturated rings. The molecule has 184 valence electrons. The van der Waals surface area contributed by atoms with Gasteiger partial charge in [0.25, 0.3) is 0 Å². The third-order valence-corrected chi connectivity index (χ3v) is 10.3. The number of benzene rings is 1. The van der Waals surface area contributed by atoms with Crippen LogP contribution in [0.5, 0.6) is 0 Å². The lowest BCUT2D eigenvalue weighted by atomic mass is 9.46. The van der Waals surface area contributed by atoms with Gasteiger partial charge in [0.1, 0.15) is 30.0 Å². The van der Waals surface area contributed by atoms with Crippen LogP contribution in [0, 0.1) is 17.3 Å². The Hall–Kier alpha value is -2.42. The normalized spacial score (nSPS) is 49.5. The van der Waals surface area contributed by atoms with Crippen LogP contribution in [0.25, 0.3) is 0 Å². The molecule has 2 spiro atoms. The standard InChI is InChI=1S/C27H29NO7/c1-13(2)25-19(34-25)20-27(35-20)24(3)10-9-15-16(12-31-21(15)29)17(24)11-18-26(27,33-18)22(25)32-23(30)28-14-7-5-4-6-8-14/h4-8,13,17-20,22H,9-12H2,1-3H3,(H,28,30)/t17-,18-,19-,20-,22+,24-,25-,26+,27+/m0/s1. The van der Waals surface area contributed by atoms with Crippen LogP contribution < -0.4 is 5.32 Å². The molecule has 0 bridgehead atoms. The first kappa shape index (κ1) is 20.7. The maximum Gasteiger partial charge on any atom is 0.412 e. The van der Waals surface area contributed by atoms with Gasteiger partial charge >= 0.3 is 12.1 Å². The summed E-state index contributed by atoms with van der Waals surface area (Å²) in [6.07, 6.45) is 0.808. The van der Waals surface area contributed by atoms with E-state index in [1.165, 1.54) is 0 Å². The number of epoxide rings is 3. The number of nitrogens with one attached hydrogen (secondary N) is 1. The highest BCUT2D eigenvalue weighted by molar-refractivity contribution is 5.92. The Labute approximate surface area is 203 Å². The van der Waals surface area contributed by atoms with Gasteiger partial charge in [0, 0.05) is 16.7 Å². The molecule has 8 nitrogen and oxygen atoms in total. The van der Waals surface area contributed by atoms with E-state index in [2.05, 4.69) is 26.1 Å². The number of rotatable bonds is 3. The molecule has 0 radical (unpaired) electrons. The number of hydrogen-bond acceptors (Lipinski definition) is 7. The van der Waals surface area contributed by atoms with E-state index in [0.717, 1.165) is 24.0 Å². The van der Waals surface area contributed by atoms with Crippen LogP contribution in [-0.4, -0.2) is 59.9 Å². The largest absolute Gasteiger partial charge is 0.458 e. The Bertz CT molecular complexity index is 1210. The molecule has 7 aliphatic rings. The number of cyclic esters (lactones) is 1. The second kappa shape index (κ2) is 6.10. The van der Waals surface area contributed by atoms with Crippen LogP contribution in [0.15, 0.2) is 41.5 Å². The van der Waals surface area contributed by atoms with Crippen LogP contribution >= 0.6 is 0 Å². The van der Waals surface area contributed by atoms with Crippen molar-refractivity contribution >= 4 is 17.7 Å². The Morgan fingerprint density at radius 3 is 2.71 bits per heavy atom. The second-order valence-electron chi connectivity index (χ2n) is 11.8. The fourth-order valence-electron chi connectivity index (χ4n) is 8.62. The highest BCUT2D eigenvalue weighted by atomic mass is 16.8. The molecular weight excluding hydrogens is 450 g/mol. The monoisotopic (exact) mass is 479 g/mol. The maximum absolute atomic E-state index is 13.2. The summed E-state index contributed by atoms with van der Waals surface area (Å²) < 4.78 is 31.5. The average molecular weight is 480 g/mol. The van der Waals surface area contributed by atoms with Crippen LogP contribution in [0.2, 0.25) is 0 Å². The lowest BCUT2D eigenvalue weighted by molar-refractivity contribution is -0.136. The van der Waals surface area contributed by atoms with E-state index in [9.17, 15) is 9.59 Å². The molecule has 9 atom stereocenters. The van der Waals surface area contributed by atoms with Crippen molar-refractivity contribution in [3.05, 3.63) is 41.5 Å². The van der Waals surface area contributed by atoms with Crippen molar-refractivity contribution in [3.8, 4) is 0 Å². The molecule has 3 aliphatic carbocycles. The molecule has 2 saturated carbocycles. The maximum atomic E-state index is 13.2. The van der Waals surface area contributed by atoms with Gasteiger partial charge in [-0.15, -0.1) is 0 Å². The highest BCUT2D eigenvalue weighted by Gasteiger charge is 3.01. The van der Waals surface area contributed by atoms with Gasteiger partial charge < -0.3 is 23.7 Å². The van der Waals surface area contributed by atoms with E-state index in [-0.39, 0.29) is 41.5 Å². The first-order chi connectivity index (χ1) is 16.8. The number of ether oxygens (including phenoxy) is 5. The minimum atomic E-state index is -0.740. The van der Waals surface area contributed by atoms with Gasteiger partial charge in [-0.1, -0.05) is 39.0 Å². The molecule has 8 heteroatoms. The fourth-order valence-corrected chi connectivity index (χ4v) is 8.62. The van der Waals surface area contributed by atoms with E-state index in [1.807, 2.05) is 30.3 Å². The summed E-state index contributed by atoms with van der Waals surface area (Å²) in [6.45, 7) is 6.86. The smallest absolute Gasteiger partial charge is 0.412 e. The molecule has 4 heterocycles. The van der Waals surface area contributed by atoms with Gasteiger partial charge in [-0.2, -0.15) is 0 Å². The fraction of sp³-hybridized carbons (Fsp3) is 0.630. The number of hydrogen-bond donors (Lipinski definition) is 1.